The first kappa shape index (κ1) is 8.75. The summed E-state index contributed by atoms with van der Waals surface area (Å²) in [5.74, 6) is 1.79. The first-order valence-electron chi connectivity index (χ1n) is 5.85. The molecule has 4 bridgehead atoms. The van der Waals surface area contributed by atoms with Crippen LogP contribution in [0.4, 0.5) is 0 Å². The van der Waals surface area contributed by atoms with Gasteiger partial charge in [0.1, 0.15) is 0 Å². The Kier molecular flexibility index (Phi) is 1.58. The molecule has 0 aromatic carbocycles. The second-order valence-electron chi connectivity index (χ2n) is 6.31. The Morgan fingerprint density at radius 1 is 1.21 bits per heavy atom. The molecule has 0 aromatic rings. The Morgan fingerprint density at radius 3 is 2.36 bits per heavy atom. The second kappa shape index (κ2) is 2.53. The van der Waals surface area contributed by atoms with Crippen molar-refractivity contribution in [2.75, 3.05) is 0 Å². The molecule has 4 aliphatic carbocycles. The summed E-state index contributed by atoms with van der Waals surface area (Å²) < 4.78 is 0. The van der Waals surface area contributed by atoms with Gasteiger partial charge in [-0.2, -0.15) is 0 Å². The molecular weight excluding hydrogens is 174 g/mol. The van der Waals surface area contributed by atoms with Crippen molar-refractivity contribution in [3.8, 4) is 0 Å². The van der Waals surface area contributed by atoms with E-state index in [1.165, 1.54) is 38.5 Å². The van der Waals surface area contributed by atoms with Gasteiger partial charge in [0, 0.05) is 5.54 Å². The summed E-state index contributed by atoms with van der Waals surface area (Å²) in [6, 6.07) is 0. The van der Waals surface area contributed by atoms with Gasteiger partial charge in [0.2, 0.25) is 6.41 Å². The normalized spacial score (nSPS) is 54.6. The average Bonchev–Trinajstić information content (AvgIpc) is 1.97. The predicted molar refractivity (Wildman–Crippen MR) is 54.7 cm³/mol. The van der Waals surface area contributed by atoms with Crippen LogP contribution in [0.2, 0.25) is 0 Å². The Balaban J connectivity index is 1.92. The lowest BCUT2D eigenvalue weighted by Crippen LogP contribution is -2.60. The molecular formula is C12H19NO. The maximum Gasteiger partial charge on any atom is 0.207 e. The molecule has 0 aromatic heterocycles. The van der Waals surface area contributed by atoms with Crippen LogP contribution in [0, 0.1) is 17.3 Å². The highest BCUT2D eigenvalue weighted by atomic mass is 16.1. The molecule has 4 saturated carbocycles. The Labute approximate surface area is 85.4 Å². The highest BCUT2D eigenvalue weighted by Crippen LogP contribution is 2.61. The maximum atomic E-state index is 10.7. The number of carbonyl (C=O) groups is 1. The van der Waals surface area contributed by atoms with Crippen LogP contribution in [0.15, 0.2) is 0 Å². The van der Waals surface area contributed by atoms with E-state index in [-0.39, 0.29) is 5.54 Å². The zero-order valence-electron chi connectivity index (χ0n) is 8.88. The van der Waals surface area contributed by atoms with E-state index in [1.807, 2.05) is 0 Å². The van der Waals surface area contributed by atoms with Crippen molar-refractivity contribution in [3.05, 3.63) is 0 Å². The third kappa shape index (κ3) is 1.12. The van der Waals surface area contributed by atoms with E-state index in [0.717, 1.165) is 18.2 Å². The molecule has 4 aliphatic rings. The molecule has 0 spiro atoms. The van der Waals surface area contributed by atoms with Crippen LogP contribution in [0.5, 0.6) is 0 Å². The number of amides is 1. The molecule has 0 heterocycles. The number of carbonyl (C=O) groups excluding carboxylic acids is 1. The van der Waals surface area contributed by atoms with E-state index in [1.54, 1.807) is 0 Å². The van der Waals surface area contributed by atoms with Crippen molar-refractivity contribution >= 4 is 6.41 Å². The fraction of sp³-hybridized carbons (Fsp3) is 0.917. The predicted octanol–water partition coefficient (Wildman–Crippen LogP) is 2.09. The Bertz CT molecular complexity index is 259. The first-order chi connectivity index (χ1) is 6.63. The molecule has 14 heavy (non-hydrogen) atoms. The van der Waals surface area contributed by atoms with Gasteiger partial charge in [-0.15, -0.1) is 0 Å². The first-order valence-corrected chi connectivity index (χ1v) is 5.85. The molecule has 0 saturated heterocycles. The SMILES string of the molecule is CC12C[C@H]3C[C@@H](C1)CC(NC=O)(C3)C2. The average molecular weight is 193 g/mol. The zero-order valence-corrected chi connectivity index (χ0v) is 8.88. The zero-order chi connectivity index (χ0) is 9.81. The molecule has 2 nitrogen and oxygen atoms in total. The van der Waals surface area contributed by atoms with Gasteiger partial charge in [0.25, 0.3) is 0 Å². The van der Waals surface area contributed by atoms with Crippen LogP contribution < -0.4 is 5.32 Å². The monoisotopic (exact) mass is 193 g/mol. The Hall–Kier alpha value is -0.530. The van der Waals surface area contributed by atoms with Crippen molar-refractivity contribution < 1.29 is 4.79 Å². The molecule has 2 unspecified atom stereocenters. The van der Waals surface area contributed by atoms with Crippen LogP contribution >= 0.6 is 0 Å². The Morgan fingerprint density at radius 2 is 1.86 bits per heavy atom. The summed E-state index contributed by atoms with van der Waals surface area (Å²) in [5, 5.41) is 3.13. The fourth-order valence-electron chi connectivity index (χ4n) is 5.01. The van der Waals surface area contributed by atoms with Crippen LogP contribution in [0.3, 0.4) is 0 Å². The topological polar surface area (TPSA) is 29.1 Å². The molecule has 0 radical (unpaired) electrons. The number of hydrogen-bond acceptors (Lipinski definition) is 1. The van der Waals surface area contributed by atoms with Crippen LogP contribution in [-0.2, 0) is 4.79 Å². The number of nitrogens with one attached hydrogen (secondary N) is 1. The molecule has 4 atom stereocenters. The van der Waals surface area contributed by atoms with Gasteiger partial charge in [0.15, 0.2) is 0 Å². The lowest BCUT2D eigenvalue weighted by atomic mass is 9.47. The minimum atomic E-state index is 0.195. The molecule has 1 N–H and O–H groups in total. The standard InChI is InChI=1S/C12H19NO/c1-11-3-9-2-10(4-11)6-12(5-9,7-11)13-8-14/h8-10H,2-7H2,1H3,(H,13,14)/t9-,10+,11?,12?. The van der Waals surface area contributed by atoms with E-state index >= 15 is 0 Å². The van der Waals surface area contributed by atoms with Gasteiger partial charge < -0.3 is 5.32 Å². The summed E-state index contributed by atoms with van der Waals surface area (Å²) in [6.45, 7) is 2.42. The maximum absolute atomic E-state index is 10.7. The minimum Gasteiger partial charge on any atom is -0.353 e. The highest BCUT2D eigenvalue weighted by molar-refractivity contribution is 5.48. The lowest BCUT2D eigenvalue weighted by molar-refractivity contribution is -0.118. The summed E-state index contributed by atoms with van der Waals surface area (Å²) in [5.41, 5.74) is 0.737. The quantitative estimate of drug-likeness (QED) is 0.668. The number of hydrogen-bond donors (Lipinski definition) is 1. The van der Waals surface area contributed by atoms with E-state index in [0.29, 0.717) is 5.41 Å². The molecule has 78 valence electrons. The third-order valence-electron chi connectivity index (χ3n) is 4.72. The smallest absolute Gasteiger partial charge is 0.207 e. The van der Waals surface area contributed by atoms with Gasteiger partial charge in [-0.1, -0.05) is 6.92 Å². The van der Waals surface area contributed by atoms with Gasteiger partial charge in [-0.25, -0.2) is 0 Å². The van der Waals surface area contributed by atoms with E-state index in [4.69, 9.17) is 0 Å². The second-order valence-corrected chi connectivity index (χ2v) is 6.31. The van der Waals surface area contributed by atoms with Gasteiger partial charge in [-0.3, -0.25) is 4.79 Å². The van der Waals surface area contributed by atoms with Gasteiger partial charge >= 0.3 is 0 Å². The van der Waals surface area contributed by atoms with Crippen molar-refractivity contribution in [3.63, 3.8) is 0 Å². The largest absolute Gasteiger partial charge is 0.353 e. The molecule has 4 fully saturated rings. The van der Waals surface area contributed by atoms with E-state index < -0.39 is 0 Å². The summed E-state index contributed by atoms with van der Waals surface area (Å²) in [4.78, 5) is 10.7. The van der Waals surface area contributed by atoms with Crippen molar-refractivity contribution in [1.29, 1.82) is 0 Å². The van der Waals surface area contributed by atoms with E-state index in [9.17, 15) is 4.79 Å². The molecule has 0 aliphatic heterocycles. The van der Waals surface area contributed by atoms with Gasteiger partial charge in [-0.05, 0) is 55.8 Å². The number of rotatable bonds is 2. The molecule has 2 heteroatoms. The fourth-order valence-corrected chi connectivity index (χ4v) is 5.01. The van der Waals surface area contributed by atoms with Crippen LogP contribution in [0.1, 0.15) is 45.4 Å². The van der Waals surface area contributed by atoms with E-state index in [2.05, 4.69) is 12.2 Å². The van der Waals surface area contributed by atoms with Gasteiger partial charge in [0.05, 0.1) is 0 Å². The summed E-state index contributed by atoms with van der Waals surface area (Å²) in [6.07, 6.45) is 8.90. The lowest BCUT2D eigenvalue weighted by Gasteiger charge is -2.61. The summed E-state index contributed by atoms with van der Waals surface area (Å²) in [7, 11) is 0. The van der Waals surface area contributed by atoms with Crippen molar-refractivity contribution in [2.24, 2.45) is 17.3 Å². The minimum absolute atomic E-state index is 0.195. The molecule has 4 rings (SSSR count). The third-order valence-corrected chi connectivity index (χ3v) is 4.72. The van der Waals surface area contributed by atoms with Crippen LogP contribution in [0.25, 0.3) is 0 Å². The highest BCUT2D eigenvalue weighted by Gasteiger charge is 2.55. The summed E-state index contributed by atoms with van der Waals surface area (Å²) >= 11 is 0. The van der Waals surface area contributed by atoms with Crippen LogP contribution in [-0.4, -0.2) is 11.9 Å². The molecule has 1 amide bonds. The van der Waals surface area contributed by atoms with Crippen molar-refractivity contribution in [1.82, 2.24) is 5.32 Å². The van der Waals surface area contributed by atoms with Crippen molar-refractivity contribution in [2.45, 2.75) is 51.0 Å².